The summed E-state index contributed by atoms with van der Waals surface area (Å²) in [5, 5.41) is 0. The van der Waals surface area contributed by atoms with Gasteiger partial charge in [0.05, 0.1) is 12.0 Å². The largest absolute Gasteiger partial charge is 0.497 e. The van der Waals surface area contributed by atoms with Crippen LogP contribution in [-0.2, 0) is 4.87 Å². The molecule has 0 amide bonds. The van der Waals surface area contributed by atoms with E-state index in [-0.39, 0.29) is 4.87 Å². The number of ether oxygens (including phenoxy) is 1. The first kappa shape index (κ1) is 15.3. The molecule has 1 aromatic carbocycles. The van der Waals surface area contributed by atoms with Gasteiger partial charge in [0.1, 0.15) is 5.75 Å². The Morgan fingerprint density at radius 3 is 2.56 bits per heavy atom. The Labute approximate surface area is 116 Å². The third-order valence-corrected chi connectivity index (χ3v) is 4.34. The first-order valence-corrected chi connectivity index (χ1v) is 6.80. The Balaban J connectivity index is 3.05. The highest BCUT2D eigenvalue weighted by atomic mass is 35.5. The van der Waals surface area contributed by atoms with Gasteiger partial charge in [-0.05, 0) is 44.1 Å². The van der Waals surface area contributed by atoms with Crippen LogP contribution in [-0.4, -0.2) is 32.6 Å². The number of hydrogen-bond acceptors (Lipinski definition) is 2. The van der Waals surface area contributed by atoms with E-state index in [2.05, 4.69) is 38.9 Å². The molecular weight excluding hydrogens is 246 g/mol. The molecule has 0 aliphatic carbocycles. The molecule has 0 saturated carbocycles. The smallest absolute Gasteiger partial charge is 0.119 e. The molecule has 0 saturated heterocycles. The van der Waals surface area contributed by atoms with Crippen molar-refractivity contribution in [2.24, 2.45) is 5.92 Å². The number of halogens is 1. The van der Waals surface area contributed by atoms with E-state index in [1.165, 1.54) is 0 Å². The predicted molar refractivity (Wildman–Crippen MR) is 78.5 cm³/mol. The molecule has 3 heteroatoms. The molecule has 18 heavy (non-hydrogen) atoms. The van der Waals surface area contributed by atoms with Crippen LogP contribution in [0.4, 0.5) is 0 Å². The Morgan fingerprint density at radius 1 is 1.39 bits per heavy atom. The molecule has 0 bridgehead atoms. The van der Waals surface area contributed by atoms with E-state index >= 15 is 0 Å². The minimum absolute atomic E-state index is 0.335. The Kier molecular flexibility index (Phi) is 5.48. The summed E-state index contributed by atoms with van der Waals surface area (Å²) in [5.74, 6) is 1.23. The molecule has 0 heterocycles. The van der Waals surface area contributed by atoms with Crippen molar-refractivity contribution in [2.45, 2.75) is 25.1 Å². The zero-order chi connectivity index (χ0) is 13.8. The van der Waals surface area contributed by atoms with Crippen molar-refractivity contribution < 1.29 is 4.74 Å². The Bertz CT molecular complexity index is 381. The number of hydrogen-bond donors (Lipinski definition) is 0. The first-order chi connectivity index (χ1) is 8.43. The topological polar surface area (TPSA) is 12.5 Å². The fourth-order valence-corrected chi connectivity index (χ4v) is 2.60. The Hall–Kier alpha value is -0.730. The van der Waals surface area contributed by atoms with Gasteiger partial charge in [0, 0.05) is 6.54 Å². The van der Waals surface area contributed by atoms with E-state index in [0.29, 0.717) is 5.92 Å². The highest BCUT2D eigenvalue weighted by Gasteiger charge is 2.34. The second kappa shape index (κ2) is 6.44. The monoisotopic (exact) mass is 269 g/mol. The molecule has 1 rings (SSSR count). The van der Waals surface area contributed by atoms with Gasteiger partial charge in [-0.2, -0.15) is 0 Å². The van der Waals surface area contributed by atoms with E-state index in [0.717, 1.165) is 24.3 Å². The zero-order valence-corrected chi connectivity index (χ0v) is 12.8. The van der Waals surface area contributed by atoms with Gasteiger partial charge in [-0.1, -0.05) is 26.0 Å². The molecule has 0 fully saturated rings. The summed E-state index contributed by atoms with van der Waals surface area (Å²) in [6.07, 6.45) is 0.900. The molecule has 1 unspecified atom stereocenters. The summed E-state index contributed by atoms with van der Waals surface area (Å²) < 4.78 is 5.29. The lowest BCUT2D eigenvalue weighted by Crippen LogP contribution is -2.34. The van der Waals surface area contributed by atoms with E-state index < -0.39 is 0 Å². The average Bonchev–Trinajstić information content (AvgIpc) is 2.37. The maximum Gasteiger partial charge on any atom is 0.119 e. The number of alkyl halides is 1. The van der Waals surface area contributed by atoms with Gasteiger partial charge in [0.25, 0.3) is 0 Å². The van der Waals surface area contributed by atoms with Gasteiger partial charge in [0.2, 0.25) is 0 Å². The molecule has 2 nitrogen and oxygen atoms in total. The lowest BCUT2D eigenvalue weighted by atomic mass is 9.83. The lowest BCUT2D eigenvalue weighted by molar-refractivity contribution is 0.278. The van der Waals surface area contributed by atoms with Crippen LogP contribution in [0.25, 0.3) is 0 Å². The number of rotatable bonds is 6. The fraction of sp³-hybridized carbons (Fsp3) is 0.600. The van der Waals surface area contributed by atoms with Gasteiger partial charge in [-0.15, -0.1) is 11.6 Å². The number of nitrogens with zero attached hydrogens (tertiary/aromatic N) is 1. The summed E-state index contributed by atoms with van der Waals surface area (Å²) in [7, 11) is 5.84. The van der Waals surface area contributed by atoms with Gasteiger partial charge in [-0.25, -0.2) is 0 Å². The summed E-state index contributed by atoms with van der Waals surface area (Å²) in [4.78, 5) is 1.84. The van der Waals surface area contributed by atoms with Gasteiger partial charge >= 0.3 is 0 Å². The van der Waals surface area contributed by atoms with Gasteiger partial charge in [-0.3, -0.25) is 0 Å². The quantitative estimate of drug-likeness (QED) is 0.730. The highest BCUT2D eigenvalue weighted by Crippen LogP contribution is 2.41. The number of benzene rings is 1. The third-order valence-electron chi connectivity index (χ3n) is 3.48. The molecule has 0 N–H and O–H groups in total. The average molecular weight is 270 g/mol. The third kappa shape index (κ3) is 3.39. The molecule has 1 aromatic rings. The summed E-state index contributed by atoms with van der Waals surface area (Å²) >= 11 is 6.89. The van der Waals surface area contributed by atoms with E-state index in [1.807, 2.05) is 18.2 Å². The normalized spacial score (nSPS) is 16.4. The fourth-order valence-electron chi connectivity index (χ4n) is 2.41. The van der Waals surface area contributed by atoms with E-state index in [1.54, 1.807) is 7.11 Å². The SMILES string of the molecule is CCC(Cl)(c1cccc(OC)c1)[C@@H](C)CN(C)C. The van der Waals surface area contributed by atoms with Crippen LogP contribution in [0.15, 0.2) is 24.3 Å². The maximum atomic E-state index is 6.89. The van der Waals surface area contributed by atoms with Gasteiger partial charge in [0.15, 0.2) is 0 Å². The summed E-state index contributed by atoms with van der Waals surface area (Å²) in [6.45, 7) is 5.31. The second-order valence-corrected chi connectivity index (χ2v) is 5.79. The van der Waals surface area contributed by atoms with Crippen LogP contribution in [0.2, 0.25) is 0 Å². The van der Waals surface area contributed by atoms with Crippen LogP contribution in [0.5, 0.6) is 5.75 Å². The van der Waals surface area contributed by atoms with Crippen molar-refractivity contribution in [2.75, 3.05) is 27.7 Å². The van der Waals surface area contributed by atoms with Crippen LogP contribution in [0.3, 0.4) is 0 Å². The van der Waals surface area contributed by atoms with E-state index in [9.17, 15) is 0 Å². The van der Waals surface area contributed by atoms with Crippen molar-refractivity contribution >= 4 is 11.6 Å². The van der Waals surface area contributed by atoms with Crippen LogP contribution >= 0.6 is 11.6 Å². The maximum absolute atomic E-state index is 6.89. The minimum Gasteiger partial charge on any atom is -0.497 e. The van der Waals surface area contributed by atoms with Gasteiger partial charge < -0.3 is 9.64 Å². The molecule has 0 spiro atoms. The predicted octanol–water partition coefficient (Wildman–Crippen LogP) is 3.74. The van der Waals surface area contributed by atoms with Crippen molar-refractivity contribution in [1.82, 2.24) is 4.90 Å². The molecule has 0 aliphatic heterocycles. The van der Waals surface area contributed by atoms with Crippen molar-refractivity contribution in [3.63, 3.8) is 0 Å². The van der Waals surface area contributed by atoms with Crippen molar-refractivity contribution in [1.29, 1.82) is 0 Å². The molecule has 0 aromatic heterocycles. The molecule has 0 radical (unpaired) electrons. The summed E-state index contributed by atoms with van der Waals surface area (Å²) in [5.41, 5.74) is 1.14. The molecule has 102 valence electrons. The first-order valence-electron chi connectivity index (χ1n) is 6.42. The molecular formula is C15H24ClNO. The molecule has 2 atom stereocenters. The van der Waals surface area contributed by atoms with Crippen LogP contribution in [0, 0.1) is 5.92 Å². The zero-order valence-electron chi connectivity index (χ0n) is 12.0. The van der Waals surface area contributed by atoms with E-state index in [4.69, 9.17) is 16.3 Å². The highest BCUT2D eigenvalue weighted by molar-refractivity contribution is 6.24. The lowest BCUT2D eigenvalue weighted by Gasteiger charge is -2.34. The number of methoxy groups -OCH3 is 1. The van der Waals surface area contributed by atoms with Crippen LogP contribution < -0.4 is 4.74 Å². The van der Waals surface area contributed by atoms with Crippen molar-refractivity contribution in [3.8, 4) is 5.75 Å². The second-order valence-electron chi connectivity index (χ2n) is 5.11. The minimum atomic E-state index is -0.335. The standard InChI is InChI=1S/C15H24ClNO/c1-6-15(16,12(2)11-17(3)4)13-8-7-9-14(10-13)18-5/h7-10,12H,6,11H2,1-5H3/t12-,15?/m0/s1. The Morgan fingerprint density at radius 2 is 2.06 bits per heavy atom. The summed E-state index contributed by atoms with van der Waals surface area (Å²) in [6, 6.07) is 8.09. The van der Waals surface area contributed by atoms with Crippen LogP contribution in [0.1, 0.15) is 25.8 Å². The molecule has 0 aliphatic rings. The van der Waals surface area contributed by atoms with Crippen molar-refractivity contribution in [3.05, 3.63) is 29.8 Å².